The van der Waals surface area contributed by atoms with Gasteiger partial charge in [0, 0.05) is 17.3 Å². The molecule has 0 saturated carbocycles. The second-order valence-electron chi connectivity index (χ2n) is 5.22. The van der Waals surface area contributed by atoms with Gasteiger partial charge in [0.1, 0.15) is 6.33 Å². The fraction of sp³-hybridized carbons (Fsp3) is 0.286. The summed E-state index contributed by atoms with van der Waals surface area (Å²) in [5.41, 5.74) is 3.59. The minimum Gasteiger partial charge on any atom is -0.298 e. The normalized spacial score (nSPS) is 17.1. The van der Waals surface area contributed by atoms with Crippen LogP contribution in [0.3, 0.4) is 0 Å². The summed E-state index contributed by atoms with van der Waals surface area (Å²) >= 11 is 1.39. The molecule has 0 spiro atoms. The first-order valence-electron chi connectivity index (χ1n) is 6.80. The number of pyridine rings is 1. The van der Waals surface area contributed by atoms with E-state index >= 15 is 0 Å². The first-order chi connectivity index (χ1) is 10.2. The van der Waals surface area contributed by atoms with Crippen molar-refractivity contribution in [1.29, 1.82) is 0 Å². The minimum atomic E-state index is -0.190. The van der Waals surface area contributed by atoms with E-state index in [9.17, 15) is 4.79 Å². The number of thiazole rings is 1. The lowest BCUT2D eigenvalue weighted by atomic mass is 10.0. The molecule has 1 aliphatic rings. The van der Waals surface area contributed by atoms with Crippen LogP contribution in [0.25, 0.3) is 5.65 Å². The number of carbonyl (C=O) groups excluding carboxylic acids is 1. The van der Waals surface area contributed by atoms with Gasteiger partial charge in [0.15, 0.2) is 10.8 Å². The van der Waals surface area contributed by atoms with Crippen LogP contribution in [-0.2, 0) is 6.42 Å². The number of hydrogen-bond donors (Lipinski definition) is 1. The van der Waals surface area contributed by atoms with Crippen molar-refractivity contribution in [2.75, 3.05) is 5.32 Å². The lowest BCUT2D eigenvalue weighted by Crippen LogP contribution is -2.14. The number of fused-ring (bicyclic) bond motifs is 3. The van der Waals surface area contributed by atoms with Crippen LogP contribution in [-0.4, -0.2) is 25.5 Å². The second-order valence-corrected chi connectivity index (χ2v) is 6.11. The average molecular weight is 299 g/mol. The van der Waals surface area contributed by atoms with Crippen molar-refractivity contribution in [3.63, 3.8) is 0 Å². The first-order valence-corrected chi connectivity index (χ1v) is 7.68. The zero-order valence-electron chi connectivity index (χ0n) is 11.4. The molecule has 1 aliphatic carbocycles. The van der Waals surface area contributed by atoms with Crippen molar-refractivity contribution in [2.24, 2.45) is 0 Å². The molecule has 0 unspecified atom stereocenters. The summed E-state index contributed by atoms with van der Waals surface area (Å²) in [5, 5.41) is 13.3. The average Bonchev–Trinajstić information content (AvgIpc) is 3.18. The number of nitrogens with zero attached hydrogens (tertiary/aromatic N) is 4. The highest BCUT2D eigenvalue weighted by molar-refractivity contribution is 7.13. The monoisotopic (exact) mass is 299 g/mol. The Morgan fingerprint density at radius 3 is 3.24 bits per heavy atom. The Kier molecular flexibility index (Phi) is 2.75. The van der Waals surface area contributed by atoms with Gasteiger partial charge in [-0.1, -0.05) is 6.92 Å². The molecular weight excluding hydrogens is 286 g/mol. The zero-order chi connectivity index (χ0) is 14.4. The van der Waals surface area contributed by atoms with Crippen molar-refractivity contribution < 1.29 is 4.79 Å². The van der Waals surface area contributed by atoms with Gasteiger partial charge in [-0.25, -0.2) is 4.98 Å². The van der Waals surface area contributed by atoms with Crippen LogP contribution in [0.4, 0.5) is 5.13 Å². The summed E-state index contributed by atoms with van der Waals surface area (Å²) in [5.74, 6) is 0.267. The van der Waals surface area contributed by atoms with E-state index in [-0.39, 0.29) is 5.91 Å². The van der Waals surface area contributed by atoms with Crippen LogP contribution in [0.5, 0.6) is 0 Å². The number of hydrogen-bond acceptors (Lipinski definition) is 5. The van der Waals surface area contributed by atoms with Crippen LogP contribution >= 0.6 is 11.3 Å². The van der Waals surface area contributed by atoms with Gasteiger partial charge >= 0.3 is 0 Å². The minimum absolute atomic E-state index is 0.190. The first kappa shape index (κ1) is 12.5. The zero-order valence-corrected chi connectivity index (χ0v) is 12.2. The molecule has 0 radical (unpaired) electrons. The van der Waals surface area contributed by atoms with E-state index in [4.69, 9.17) is 0 Å². The summed E-state index contributed by atoms with van der Waals surface area (Å²) in [7, 11) is 0. The van der Waals surface area contributed by atoms with Crippen LogP contribution < -0.4 is 5.32 Å². The molecule has 0 aliphatic heterocycles. The topological polar surface area (TPSA) is 72.2 Å². The maximum Gasteiger partial charge on any atom is 0.261 e. The smallest absolute Gasteiger partial charge is 0.261 e. The molecule has 3 heterocycles. The molecule has 4 rings (SSSR count). The summed E-state index contributed by atoms with van der Waals surface area (Å²) in [6.07, 6.45) is 5.45. The number of carbonyl (C=O) groups is 1. The van der Waals surface area contributed by atoms with E-state index in [1.165, 1.54) is 22.6 Å². The quantitative estimate of drug-likeness (QED) is 0.789. The van der Waals surface area contributed by atoms with E-state index in [2.05, 4.69) is 27.4 Å². The Balaban J connectivity index is 1.83. The highest BCUT2D eigenvalue weighted by atomic mass is 32.1. The van der Waals surface area contributed by atoms with Crippen LogP contribution in [0, 0.1) is 0 Å². The van der Waals surface area contributed by atoms with Gasteiger partial charge in [0.05, 0.1) is 5.56 Å². The Morgan fingerprint density at radius 1 is 1.52 bits per heavy atom. The molecule has 0 saturated heterocycles. The van der Waals surface area contributed by atoms with Gasteiger partial charge in [-0.05, 0) is 30.4 Å². The summed E-state index contributed by atoms with van der Waals surface area (Å²) in [6, 6.07) is 1.96. The molecule has 0 bridgehead atoms. The SMILES string of the molecule is C[C@H]1CCc2c1cc(C(=O)Nc1nccs1)c1nncn21. The molecule has 1 amide bonds. The fourth-order valence-corrected chi connectivity index (χ4v) is 3.40. The number of aromatic nitrogens is 4. The third kappa shape index (κ3) is 1.92. The van der Waals surface area contributed by atoms with Crippen molar-refractivity contribution >= 4 is 28.0 Å². The molecule has 1 atom stereocenters. The number of rotatable bonds is 2. The predicted octanol–water partition coefficient (Wildman–Crippen LogP) is 2.49. The fourth-order valence-electron chi connectivity index (χ4n) is 2.88. The molecule has 21 heavy (non-hydrogen) atoms. The molecule has 3 aromatic heterocycles. The molecular formula is C14H13N5OS. The van der Waals surface area contributed by atoms with E-state index in [1.807, 2.05) is 15.8 Å². The number of nitrogens with one attached hydrogen (secondary N) is 1. The standard InChI is InChI=1S/C14H13N5OS/c1-8-2-3-11-9(8)6-10(12-18-16-7-19(11)12)13(20)17-14-15-4-5-21-14/h4-8H,2-3H2,1H3,(H,15,17,20)/t8-/m0/s1. The lowest BCUT2D eigenvalue weighted by molar-refractivity contribution is 0.102. The van der Waals surface area contributed by atoms with Gasteiger partial charge in [-0.2, -0.15) is 0 Å². The molecule has 6 nitrogen and oxygen atoms in total. The van der Waals surface area contributed by atoms with Gasteiger partial charge in [-0.15, -0.1) is 21.5 Å². The summed E-state index contributed by atoms with van der Waals surface area (Å²) < 4.78 is 1.94. The molecule has 1 N–H and O–H groups in total. The van der Waals surface area contributed by atoms with E-state index in [1.54, 1.807) is 12.5 Å². The Bertz CT molecular complexity index is 823. The summed E-state index contributed by atoms with van der Waals surface area (Å²) in [4.78, 5) is 16.6. The molecule has 106 valence electrons. The predicted molar refractivity (Wildman–Crippen MR) is 79.8 cm³/mol. The lowest BCUT2D eigenvalue weighted by Gasteiger charge is -2.10. The molecule has 0 aromatic carbocycles. The molecule has 0 fully saturated rings. The van der Waals surface area contributed by atoms with E-state index < -0.39 is 0 Å². The molecule has 3 aromatic rings. The maximum absolute atomic E-state index is 12.5. The second kappa shape index (κ2) is 4.63. The van der Waals surface area contributed by atoms with Crippen molar-refractivity contribution in [3.05, 3.63) is 40.8 Å². The maximum atomic E-state index is 12.5. The van der Waals surface area contributed by atoms with Gasteiger partial charge in [0.25, 0.3) is 5.91 Å². The Morgan fingerprint density at radius 2 is 2.43 bits per heavy atom. The number of anilines is 1. The number of aryl methyl sites for hydroxylation is 1. The highest BCUT2D eigenvalue weighted by Crippen LogP contribution is 2.34. The largest absolute Gasteiger partial charge is 0.298 e. The third-order valence-corrected chi connectivity index (χ3v) is 4.64. The highest BCUT2D eigenvalue weighted by Gasteiger charge is 2.25. The van der Waals surface area contributed by atoms with Gasteiger partial charge in [0.2, 0.25) is 0 Å². The van der Waals surface area contributed by atoms with Crippen molar-refractivity contribution in [3.8, 4) is 0 Å². The number of amides is 1. The van der Waals surface area contributed by atoms with E-state index in [0.29, 0.717) is 22.3 Å². The van der Waals surface area contributed by atoms with Crippen molar-refractivity contribution in [2.45, 2.75) is 25.7 Å². The van der Waals surface area contributed by atoms with Crippen LogP contribution in [0.15, 0.2) is 24.0 Å². The van der Waals surface area contributed by atoms with Crippen LogP contribution in [0.2, 0.25) is 0 Å². The summed E-state index contributed by atoms with van der Waals surface area (Å²) in [6.45, 7) is 2.19. The van der Waals surface area contributed by atoms with Crippen LogP contribution in [0.1, 0.15) is 40.9 Å². The Hall–Kier alpha value is -2.28. The van der Waals surface area contributed by atoms with Crippen molar-refractivity contribution in [1.82, 2.24) is 19.6 Å². The third-order valence-electron chi connectivity index (χ3n) is 3.95. The molecule has 7 heteroatoms. The van der Waals surface area contributed by atoms with E-state index in [0.717, 1.165) is 12.8 Å². The Labute approximate surface area is 124 Å². The van der Waals surface area contributed by atoms with Gasteiger partial charge in [-0.3, -0.25) is 14.5 Å². The van der Waals surface area contributed by atoms with Gasteiger partial charge < -0.3 is 0 Å².